The molecule has 0 rings (SSSR count). The van der Waals surface area contributed by atoms with Gasteiger partial charge in [0.25, 0.3) is 7.82 Å². The maximum atomic E-state index is 13.5. The molecule has 0 radical (unpaired) electrons. The first-order chi connectivity index (χ1) is 36.9. The lowest BCUT2D eigenvalue weighted by Crippen LogP contribution is -2.47. The number of unbranched alkanes of at least 4 members (excludes halogenated alkanes) is 25. The van der Waals surface area contributed by atoms with E-state index in [1.165, 1.54) is 89.9 Å². The first-order valence-corrected chi connectivity index (χ1v) is 32.5. The van der Waals surface area contributed by atoms with E-state index >= 15 is 0 Å². The normalized spacial score (nSPS) is 14.4. The quantitative estimate of drug-likeness (QED) is 0.0212. The van der Waals surface area contributed by atoms with Gasteiger partial charge in [0.2, 0.25) is 5.91 Å². The highest BCUT2D eigenvalue weighted by Crippen LogP contribution is 2.38. The molecule has 0 aliphatic carbocycles. The molecule has 0 saturated heterocycles. The van der Waals surface area contributed by atoms with E-state index in [9.17, 15) is 19.0 Å². The average molecular weight is 1080 g/mol. The second-order valence-electron chi connectivity index (χ2n) is 21.8. The topological polar surface area (TPSA) is 114 Å². The number of carbonyl (C=O) groups excluding carboxylic acids is 2. The number of ether oxygens (including phenoxy) is 1. The number of nitrogens with zero attached hydrogens (tertiary/aromatic N) is 1. The van der Waals surface area contributed by atoms with Crippen molar-refractivity contribution >= 4 is 19.7 Å². The number of carbonyl (C=O) groups is 2. The van der Waals surface area contributed by atoms with Crippen LogP contribution in [0.1, 0.15) is 258 Å². The number of rotatable bonds is 55. The van der Waals surface area contributed by atoms with Crippen LogP contribution in [0.2, 0.25) is 0 Å². The first-order valence-electron chi connectivity index (χ1n) is 31.0. The molecule has 0 aromatic heterocycles. The Balaban J connectivity index is 5.22. The minimum Gasteiger partial charge on any atom is -0.756 e. The fraction of sp³-hybridized carbons (Fsp3) is 0.727. The van der Waals surface area contributed by atoms with Crippen molar-refractivity contribution in [2.75, 3.05) is 40.9 Å². The molecule has 0 fully saturated rings. The number of nitrogens with one attached hydrogen (secondary N) is 1. The Morgan fingerprint density at radius 3 is 1.29 bits per heavy atom. The summed E-state index contributed by atoms with van der Waals surface area (Å²) < 4.78 is 30.3. The molecule has 3 atom stereocenters. The van der Waals surface area contributed by atoms with Gasteiger partial charge in [-0.25, -0.2) is 0 Å². The van der Waals surface area contributed by atoms with Crippen molar-refractivity contribution in [2.24, 2.45) is 0 Å². The number of phosphoric ester groups is 1. The molecule has 0 aliphatic rings. The van der Waals surface area contributed by atoms with Gasteiger partial charge >= 0.3 is 5.97 Å². The highest BCUT2D eigenvalue weighted by molar-refractivity contribution is 7.45. The van der Waals surface area contributed by atoms with Crippen LogP contribution in [0.5, 0.6) is 0 Å². The van der Waals surface area contributed by atoms with E-state index in [-0.39, 0.29) is 24.9 Å². The number of quaternary nitrogens is 1. The summed E-state index contributed by atoms with van der Waals surface area (Å²) in [4.78, 5) is 39.9. The molecule has 0 spiro atoms. The summed E-state index contributed by atoms with van der Waals surface area (Å²) in [5, 5.41) is 3.01. The van der Waals surface area contributed by atoms with Crippen molar-refractivity contribution in [3.8, 4) is 0 Å². The number of hydrogen-bond acceptors (Lipinski definition) is 7. The summed E-state index contributed by atoms with van der Waals surface area (Å²) in [5.74, 6) is -0.580. The Kier molecular flexibility index (Phi) is 53.0. The highest BCUT2D eigenvalue weighted by Gasteiger charge is 2.27. The lowest BCUT2D eigenvalue weighted by atomic mass is 10.0. The molecule has 0 aromatic carbocycles. The third kappa shape index (κ3) is 55.7. The van der Waals surface area contributed by atoms with E-state index in [1.54, 1.807) is 0 Å². The molecule has 0 bridgehead atoms. The molecule has 1 N–H and O–H groups in total. The molecule has 1 amide bonds. The van der Waals surface area contributed by atoms with E-state index < -0.39 is 26.6 Å². The second-order valence-corrected chi connectivity index (χ2v) is 23.2. The van der Waals surface area contributed by atoms with E-state index in [2.05, 4.69) is 111 Å². The summed E-state index contributed by atoms with van der Waals surface area (Å²) in [6.07, 6.45) is 73.7. The third-order valence-electron chi connectivity index (χ3n) is 13.2. The number of amides is 1. The maximum absolute atomic E-state index is 13.5. The summed E-state index contributed by atoms with van der Waals surface area (Å²) in [6, 6.07) is -0.907. The molecule has 0 heterocycles. The fourth-order valence-electron chi connectivity index (χ4n) is 8.46. The molecule has 3 unspecified atom stereocenters. The predicted molar refractivity (Wildman–Crippen MR) is 325 cm³/mol. The third-order valence-corrected chi connectivity index (χ3v) is 14.2. The highest BCUT2D eigenvalue weighted by atomic mass is 31.2. The molecular formula is C66H117N2O7P. The summed E-state index contributed by atoms with van der Waals surface area (Å²) >= 11 is 0. The van der Waals surface area contributed by atoms with E-state index in [1.807, 2.05) is 33.3 Å². The molecule has 76 heavy (non-hydrogen) atoms. The molecule has 0 saturated carbocycles. The first kappa shape index (κ1) is 72.9. The molecule has 0 aromatic rings. The van der Waals surface area contributed by atoms with Gasteiger partial charge in [0, 0.05) is 12.8 Å². The van der Waals surface area contributed by atoms with Gasteiger partial charge in [0.15, 0.2) is 0 Å². The minimum absolute atomic E-state index is 0.0318. The molecule has 9 nitrogen and oxygen atoms in total. The van der Waals surface area contributed by atoms with Crippen molar-refractivity contribution in [3.63, 3.8) is 0 Å². The van der Waals surface area contributed by atoms with Gasteiger partial charge in [-0.15, -0.1) is 0 Å². The number of allylic oxidation sites excluding steroid dienone is 15. The van der Waals surface area contributed by atoms with Crippen LogP contribution in [0, 0.1) is 0 Å². The van der Waals surface area contributed by atoms with Gasteiger partial charge in [-0.2, -0.15) is 0 Å². The lowest BCUT2D eigenvalue weighted by Gasteiger charge is -2.30. The van der Waals surface area contributed by atoms with Gasteiger partial charge in [-0.1, -0.05) is 234 Å². The SMILES string of the molecule is CC/C=C\C/C=C\C/C=C\C/C=C\C/C=C\C/C=C\CCCCCCCCC(=O)NC(COP(=O)([O-])OCC[N+](C)(C)C)C(/C=C\CCCCCCCCCCCC)OC(=O)CCCCC/C=C\CCCCCCCC. The van der Waals surface area contributed by atoms with Crippen molar-refractivity contribution in [3.05, 3.63) is 97.2 Å². The van der Waals surface area contributed by atoms with Crippen LogP contribution in [0.3, 0.4) is 0 Å². The van der Waals surface area contributed by atoms with Crippen molar-refractivity contribution in [1.82, 2.24) is 5.32 Å². The number of likely N-dealkylation sites (N-methyl/N-ethyl adjacent to an activating group) is 1. The van der Waals surface area contributed by atoms with Gasteiger partial charge in [-0.05, 0) is 109 Å². The van der Waals surface area contributed by atoms with Crippen LogP contribution in [-0.2, 0) is 27.9 Å². The molecule has 438 valence electrons. The van der Waals surface area contributed by atoms with Crippen molar-refractivity contribution in [2.45, 2.75) is 270 Å². The second kappa shape index (κ2) is 55.3. The number of esters is 1. The molecule has 0 aliphatic heterocycles. The Bertz CT molecular complexity index is 1620. The van der Waals surface area contributed by atoms with Crippen LogP contribution in [0.15, 0.2) is 97.2 Å². The Hall–Kier alpha value is -3.07. The molecular weight excluding hydrogens is 964 g/mol. The largest absolute Gasteiger partial charge is 0.756 e. The Labute approximate surface area is 468 Å². The van der Waals surface area contributed by atoms with Crippen LogP contribution in [0.4, 0.5) is 0 Å². The summed E-state index contributed by atoms with van der Waals surface area (Å²) in [6.45, 7) is 6.69. The van der Waals surface area contributed by atoms with Crippen molar-refractivity contribution in [1.29, 1.82) is 0 Å². The van der Waals surface area contributed by atoms with Gasteiger partial charge in [-0.3, -0.25) is 14.2 Å². The smallest absolute Gasteiger partial charge is 0.306 e. The van der Waals surface area contributed by atoms with Gasteiger partial charge in [0.1, 0.15) is 19.3 Å². The number of hydrogen-bond donors (Lipinski definition) is 1. The Morgan fingerprint density at radius 1 is 0.474 bits per heavy atom. The standard InChI is InChI=1S/C66H117N2O7P/c1-7-10-13-16-19-22-25-28-29-30-31-32-33-34-35-36-37-38-39-41-43-46-49-52-55-58-65(69)67-63(62-74-76(71,72)73-61-60-68(4,5)6)64(57-54-51-48-45-42-27-24-21-18-15-12-9-3)75-66(70)59-56-53-50-47-44-40-26-23-20-17-14-11-8-2/h10,13,19,22,28-29,31-32,34-35,37-38,40,44,54,57,63-64H,7-9,11-12,14-18,20-21,23-27,30,33,36,39,41-43,45-53,55-56,58-62H2,1-6H3,(H-,67,69,71,72)/b13-10-,22-19-,29-28-,32-31-,35-34-,38-37-,44-40-,57-54-. The lowest BCUT2D eigenvalue weighted by molar-refractivity contribution is -0.870. The van der Waals surface area contributed by atoms with E-state index in [0.29, 0.717) is 30.3 Å². The monoisotopic (exact) mass is 1080 g/mol. The van der Waals surface area contributed by atoms with Crippen molar-refractivity contribution < 1.29 is 37.3 Å². The van der Waals surface area contributed by atoms with Crippen LogP contribution in [0.25, 0.3) is 0 Å². The van der Waals surface area contributed by atoms with Gasteiger partial charge < -0.3 is 28.5 Å². The summed E-state index contributed by atoms with van der Waals surface area (Å²) in [7, 11) is 1.16. The predicted octanol–water partition coefficient (Wildman–Crippen LogP) is 18.5. The zero-order valence-corrected chi connectivity index (χ0v) is 50.8. The zero-order chi connectivity index (χ0) is 55.7. The van der Waals surface area contributed by atoms with Gasteiger partial charge in [0.05, 0.1) is 33.8 Å². The van der Waals surface area contributed by atoms with E-state index in [0.717, 1.165) is 122 Å². The number of phosphoric acid groups is 1. The van der Waals surface area contributed by atoms with Crippen LogP contribution < -0.4 is 10.2 Å². The van der Waals surface area contributed by atoms with E-state index in [4.69, 9.17) is 13.8 Å². The average Bonchev–Trinajstić information content (AvgIpc) is 3.38. The minimum atomic E-state index is -4.71. The zero-order valence-electron chi connectivity index (χ0n) is 49.9. The maximum Gasteiger partial charge on any atom is 0.306 e. The fourth-order valence-corrected chi connectivity index (χ4v) is 9.18. The van der Waals surface area contributed by atoms with Crippen LogP contribution in [-0.4, -0.2) is 69.4 Å². The molecule has 10 heteroatoms. The Morgan fingerprint density at radius 2 is 0.842 bits per heavy atom. The van der Waals surface area contributed by atoms with Crippen LogP contribution >= 0.6 is 7.82 Å². The summed E-state index contributed by atoms with van der Waals surface area (Å²) in [5.41, 5.74) is 0.